The van der Waals surface area contributed by atoms with Crippen LogP contribution in [0.4, 0.5) is 0 Å². The molecule has 2 rings (SSSR count). The first kappa shape index (κ1) is 7.93. The molecule has 12 heavy (non-hydrogen) atoms. The number of fused-ring (bicyclic) bond motifs is 1. The normalized spacial score (nSPS) is 21.5. The first-order valence-electron chi connectivity index (χ1n) is 4.20. The Balaban J connectivity index is 2.58. The van der Waals surface area contributed by atoms with Crippen LogP contribution in [0.3, 0.4) is 0 Å². The van der Waals surface area contributed by atoms with E-state index in [1.807, 2.05) is 11.8 Å². The van der Waals surface area contributed by atoms with Crippen LogP contribution in [0.25, 0.3) is 5.57 Å². The molecular formula is C11H12S. The average molecular weight is 176 g/mol. The molecule has 0 fully saturated rings. The second-order valence-corrected chi connectivity index (χ2v) is 4.38. The maximum Gasteiger partial charge on any atom is 0.0316 e. The largest absolute Gasteiger partial charge is 0.126 e. The molecule has 0 aliphatic carbocycles. The van der Waals surface area contributed by atoms with E-state index in [-0.39, 0.29) is 0 Å². The zero-order valence-corrected chi connectivity index (χ0v) is 8.19. The highest BCUT2D eigenvalue weighted by atomic mass is 32.2. The van der Waals surface area contributed by atoms with Crippen molar-refractivity contribution in [3.8, 4) is 0 Å². The Kier molecular flexibility index (Phi) is 1.97. The van der Waals surface area contributed by atoms with Crippen LogP contribution in [0.1, 0.15) is 30.2 Å². The van der Waals surface area contributed by atoms with E-state index in [2.05, 4.69) is 43.5 Å². The zero-order chi connectivity index (χ0) is 8.55. The highest BCUT2D eigenvalue weighted by molar-refractivity contribution is 8.02. The van der Waals surface area contributed by atoms with Gasteiger partial charge in [0.1, 0.15) is 0 Å². The third-order valence-corrected chi connectivity index (χ3v) is 3.42. The van der Waals surface area contributed by atoms with Crippen LogP contribution in [0.5, 0.6) is 0 Å². The van der Waals surface area contributed by atoms with E-state index in [0.29, 0.717) is 5.25 Å². The predicted molar refractivity (Wildman–Crippen MR) is 56.1 cm³/mol. The van der Waals surface area contributed by atoms with Crippen molar-refractivity contribution in [2.45, 2.75) is 19.1 Å². The highest BCUT2D eigenvalue weighted by Crippen LogP contribution is 2.40. The number of allylic oxidation sites excluding steroid dienone is 1. The van der Waals surface area contributed by atoms with E-state index in [1.54, 1.807) is 0 Å². The van der Waals surface area contributed by atoms with E-state index in [4.69, 9.17) is 0 Å². The molecule has 0 amide bonds. The van der Waals surface area contributed by atoms with Crippen LogP contribution in [0.15, 0.2) is 29.7 Å². The van der Waals surface area contributed by atoms with Gasteiger partial charge in [-0.3, -0.25) is 0 Å². The van der Waals surface area contributed by atoms with Crippen LogP contribution in [0, 0.1) is 0 Å². The molecule has 1 atom stereocenters. The van der Waals surface area contributed by atoms with Crippen molar-refractivity contribution in [3.63, 3.8) is 0 Å². The predicted octanol–water partition coefficient (Wildman–Crippen LogP) is 3.86. The molecule has 0 saturated heterocycles. The van der Waals surface area contributed by atoms with E-state index in [1.165, 1.54) is 16.7 Å². The van der Waals surface area contributed by atoms with Gasteiger partial charge in [0.25, 0.3) is 0 Å². The van der Waals surface area contributed by atoms with Gasteiger partial charge in [0.2, 0.25) is 0 Å². The van der Waals surface area contributed by atoms with Crippen LogP contribution in [-0.2, 0) is 0 Å². The maximum absolute atomic E-state index is 2.26. The lowest BCUT2D eigenvalue weighted by atomic mass is 10.00. The Morgan fingerprint density at radius 3 is 2.75 bits per heavy atom. The molecule has 0 nitrogen and oxygen atoms in total. The van der Waals surface area contributed by atoms with Crippen molar-refractivity contribution < 1.29 is 0 Å². The average Bonchev–Trinajstić information content (AvgIpc) is 2.12. The van der Waals surface area contributed by atoms with Gasteiger partial charge < -0.3 is 0 Å². The lowest BCUT2D eigenvalue weighted by molar-refractivity contribution is 1.09. The third kappa shape index (κ3) is 1.18. The van der Waals surface area contributed by atoms with Gasteiger partial charge >= 0.3 is 0 Å². The molecule has 0 radical (unpaired) electrons. The summed E-state index contributed by atoms with van der Waals surface area (Å²) in [5.74, 6) is 0. The number of hydrogen-bond donors (Lipinski definition) is 0. The fraction of sp³-hybridized carbons (Fsp3) is 0.273. The van der Waals surface area contributed by atoms with Gasteiger partial charge in [-0.1, -0.05) is 24.3 Å². The number of thioether (sulfide) groups is 1. The summed E-state index contributed by atoms with van der Waals surface area (Å²) in [6, 6.07) is 8.66. The minimum atomic E-state index is 0.616. The molecule has 0 spiro atoms. The van der Waals surface area contributed by atoms with Gasteiger partial charge in [-0.25, -0.2) is 0 Å². The fourth-order valence-electron chi connectivity index (χ4n) is 1.55. The van der Waals surface area contributed by atoms with E-state index in [0.717, 1.165) is 0 Å². The van der Waals surface area contributed by atoms with Gasteiger partial charge in [0.05, 0.1) is 0 Å². The summed E-state index contributed by atoms with van der Waals surface area (Å²) in [6.45, 7) is 4.43. The topological polar surface area (TPSA) is 0 Å². The summed E-state index contributed by atoms with van der Waals surface area (Å²) in [7, 11) is 0. The third-order valence-electron chi connectivity index (χ3n) is 2.27. The maximum atomic E-state index is 2.26. The van der Waals surface area contributed by atoms with E-state index >= 15 is 0 Å². The highest BCUT2D eigenvalue weighted by Gasteiger charge is 2.14. The lowest BCUT2D eigenvalue weighted by Gasteiger charge is -2.20. The summed E-state index contributed by atoms with van der Waals surface area (Å²) in [6.07, 6.45) is 0. The molecule has 0 aromatic heterocycles. The summed E-state index contributed by atoms with van der Waals surface area (Å²) in [5, 5.41) is 2.87. The molecule has 1 aromatic carbocycles. The van der Waals surface area contributed by atoms with Gasteiger partial charge in [-0.2, -0.15) is 0 Å². The van der Waals surface area contributed by atoms with Gasteiger partial charge in [0, 0.05) is 5.25 Å². The van der Waals surface area contributed by atoms with Gasteiger partial charge in [0.15, 0.2) is 0 Å². The first-order valence-corrected chi connectivity index (χ1v) is 5.15. The Hall–Kier alpha value is -0.690. The Morgan fingerprint density at radius 1 is 1.25 bits per heavy atom. The van der Waals surface area contributed by atoms with Crippen molar-refractivity contribution >= 4 is 17.3 Å². The lowest BCUT2D eigenvalue weighted by Crippen LogP contribution is -1.97. The summed E-state index contributed by atoms with van der Waals surface area (Å²) in [5.41, 5.74) is 4.29. The SMILES string of the molecule is CC1=CSC(C)c2ccccc21. The molecule has 1 aliphatic rings. The number of rotatable bonds is 0. The molecule has 1 heterocycles. The molecule has 1 heteroatoms. The summed E-state index contributed by atoms with van der Waals surface area (Å²) < 4.78 is 0. The first-order chi connectivity index (χ1) is 5.79. The van der Waals surface area contributed by atoms with E-state index < -0.39 is 0 Å². The summed E-state index contributed by atoms with van der Waals surface area (Å²) in [4.78, 5) is 0. The monoisotopic (exact) mass is 176 g/mol. The zero-order valence-electron chi connectivity index (χ0n) is 7.37. The number of hydrogen-bond acceptors (Lipinski definition) is 1. The van der Waals surface area contributed by atoms with Crippen LogP contribution in [0.2, 0.25) is 0 Å². The Labute approximate surface area is 77.7 Å². The van der Waals surface area contributed by atoms with Crippen molar-refractivity contribution in [1.29, 1.82) is 0 Å². The van der Waals surface area contributed by atoms with E-state index in [9.17, 15) is 0 Å². The summed E-state index contributed by atoms with van der Waals surface area (Å²) >= 11 is 1.91. The van der Waals surface area contributed by atoms with Gasteiger partial charge in [-0.05, 0) is 36.0 Å². The molecule has 1 aliphatic heterocycles. The van der Waals surface area contributed by atoms with Crippen molar-refractivity contribution in [3.05, 3.63) is 40.8 Å². The number of benzene rings is 1. The second-order valence-electron chi connectivity index (χ2n) is 3.17. The molecule has 62 valence electrons. The van der Waals surface area contributed by atoms with Gasteiger partial charge in [-0.15, -0.1) is 11.8 Å². The van der Waals surface area contributed by atoms with Crippen molar-refractivity contribution in [2.24, 2.45) is 0 Å². The second kappa shape index (κ2) is 2.98. The molecule has 0 bridgehead atoms. The minimum Gasteiger partial charge on any atom is -0.126 e. The van der Waals surface area contributed by atoms with Crippen molar-refractivity contribution in [2.75, 3.05) is 0 Å². The fourth-order valence-corrected chi connectivity index (χ4v) is 2.44. The standard InChI is InChI=1S/C11H12S/c1-8-7-12-9(2)11-6-4-3-5-10(8)11/h3-7,9H,1-2H3. The smallest absolute Gasteiger partial charge is 0.0316 e. The molecule has 1 unspecified atom stereocenters. The van der Waals surface area contributed by atoms with Crippen molar-refractivity contribution in [1.82, 2.24) is 0 Å². The molecule has 0 N–H and O–H groups in total. The minimum absolute atomic E-state index is 0.616. The molecule has 1 aromatic rings. The molecular weight excluding hydrogens is 164 g/mol. The van der Waals surface area contributed by atoms with Crippen LogP contribution < -0.4 is 0 Å². The quantitative estimate of drug-likeness (QED) is 0.578. The Bertz CT molecular complexity index is 326. The van der Waals surface area contributed by atoms with Crippen LogP contribution in [-0.4, -0.2) is 0 Å². The van der Waals surface area contributed by atoms with Crippen LogP contribution >= 0.6 is 11.8 Å². The molecule has 0 saturated carbocycles. The Morgan fingerprint density at radius 2 is 2.00 bits per heavy atom.